The van der Waals surface area contributed by atoms with Crippen LogP contribution in [0.4, 0.5) is 21.7 Å². The van der Waals surface area contributed by atoms with Crippen LogP contribution < -0.4 is 26.4 Å². The van der Waals surface area contributed by atoms with E-state index >= 15 is 0 Å². The van der Waals surface area contributed by atoms with Gasteiger partial charge in [-0.3, -0.25) is 4.79 Å². The van der Waals surface area contributed by atoms with E-state index in [1.54, 1.807) is 29.7 Å². The summed E-state index contributed by atoms with van der Waals surface area (Å²) in [7, 11) is 3.64. The molecule has 1 unspecified atom stereocenters. The molecule has 5 N–H and O–H groups in total. The number of hydrogen-bond acceptors (Lipinski definition) is 8. The minimum Gasteiger partial charge on any atom is -0.489 e. The summed E-state index contributed by atoms with van der Waals surface area (Å²) in [5, 5.41) is 2.92. The van der Waals surface area contributed by atoms with Gasteiger partial charge in [-0.15, -0.1) is 0 Å². The maximum Gasteiger partial charge on any atom is 0.271 e. The normalized spacial score (nSPS) is 11.2. The highest BCUT2D eigenvalue weighted by Crippen LogP contribution is 2.27. The maximum absolute atomic E-state index is 14.0. The second-order valence-corrected chi connectivity index (χ2v) is 7.49. The zero-order chi connectivity index (χ0) is 22.8. The molecule has 30 heavy (non-hydrogen) atoms. The van der Waals surface area contributed by atoms with Crippen LogP contribution in [0, 0.1) is 5.82 Å². The summed E-state index contributed by atoms with van der Waals surface area (Å²) in [4.78, 5) is 22.4. The molecule has 2 rings (SSSR count). The number of hydrogen-bond donors (Lipinski definition) is 3. The van der Waals surface area contributed by atoms with Crippen LogP contribution in [0.3, 0.4) is 0 Å². The van der Waals surface area contributed by atoms with Gasteiger partial charge in [0.1, 0.15) is 17.7 Å². The van der Waals surface area contributed by atoms with Gasteiger partial charge in [0.15, 0.2) is 17.3 Å². The first-order valence-electron chi connectivity index (χ1n) is 9.39. The van der Waals surface area contributed by atoms with Gasteiger partial charge in [0, 0.05) is 38.5 Å². The number of benzene rings is 1. The molecule has 0 bridgehead atoms. The Morgan fingerprint density at radius 3 is 2.43 bits per heavy atom. The summed E-state index contributed by atoms with van der Waals surface area (Å²) in [6.45, 7) is 3.98. The molecule has 0 saturated heterocycles. The summed E-state index contributed by atoms with van der Waals surface area (Å²) < 4.78 is 19.5. The van der Waals surface area contributed by atoms with Crippen LogP contribution in [0.5, 0.6) is 5.75 Å². The summed E-state index contributed by atoms with van der Waals surface area (Å²) in [5.74, 6) is -0.191. The van der Waals surface area contributed by atoms with E-state index in [1.807, 2.05) is 33.5 Å². The number of nitrogens with zero attached hydrogens (tertiary/aromatic N) is 3. The summed E-state index contributed by atoms with van der Waals surface area (Å²) in [6.07, 6.45) is 4.39. The number of ether oxygens (including phenoxy) is 1. The number of nitrogens with two attached hydrogens (primary N) is 2. The molecule has 8 nitrogen and oxygen atoms in total. The third kappa shape index (κ3) is 7.34. The fourth-order valence-corrected chi connectivity index (χ4v) is 2.44. The first-order chi connectivity index (χ1) is 14.2. The Morgan fingerprint density at radius 2 is 1.93 bits per heavy atom. The van der Waals surface area contributed by atoms with Crippen molar-refractivity contribution in [3.63, 3.8) is 0 Å². The standard InChI is InChI=1S/C18H25FN6O2.C2H6S/c1-5-14-18(25(3)4)24-17(15(23-14)16(21)26)22-12-6-11(19)7-13(8-12)27-10(2)9-20;1-3-2/h6-8,10H,5,9,20H2,1-4H3,(H2,21,26)(H,22,24);1-2H3. The zero-order valence-electron chi connectivity index (χ0n) is 18.3. The number of nitrogens with one attached hydrogen (secondary N) is 1. The van der Waals surface area contributed by atoms with Crippen molar-refractivity contribution in [3.05, 3.63) is 35.4 Å². The van der Waals surface area contributed by atoms with E-state index in [-0.39, 0.29) is 17.6 Å². The molecule has 1 amide bonds. The summed E-state index contributed by atoms with van der Waals surface area (Å²) >= 11 is 1.75. The number of carbonyl (C=O) groups is 1. The average Bonchev–Trinajstić information content (AvgIpc) is 2.67. The topological polar surface area (TPSA) is 119 Å². The van der Waals surface area contributed by atoms with Gasteiger partial charge in [0.25, 0.3) is 5.91 Å². The van der Waals surface area contributed by atoms with Gasteiger partial charge in [0.2, 0.25) is 0 Å². The Hall–Kier alpha value is -2.59. The molecule has 1 heterocycles. The van der Waals surface area contributed by atoms with Crippen molar-refractivity contribution in [2.24, 2.45) is 11.5 Å². The monoisotopic (exact) mass is 438 g/mol. The maximum atomic E-state index is 14.0. The van der Waals surface area contributed by atoms with Crippen molar-refractivity contribution in [2.75, 3.05) is 43.4 Å². The Balaban J connectivity index is 0.00000141. The van der Waals surface area contributed by atoms with E-state index in [4.69, 9.17) is 16.2 Å². The minimum atomic E-state index is -0.727. The zero-order valence-corrected chi connectivity index (χ0v) is 19.1. The number of halogens is 1. The lowest BCUT2D eigenvalue weighted by Gasteiger charge is -2.19. The highest BCUT2D eigenvalue weighted by molar-refractivity contribution is 7.97. The second kappa shape index (κ2) is 12.2. The van der Waals surface area contributed by atoms with Crippen molar-refractivity contribution in [1.82, 2.24) is 9.97 Å². The Bertz CT molecular complexity index is 850. The van der Waals surface area contributed by atoms with Crippen LogP contribution in [0.2, 0.25) is 0 Å². The van der Waals surface area contributed by atoms with E-state index in [0.717, 1.165) is 0 Å². The first-order valence-corrected chi connectivity index (χ1v) is 11.0. The predicted molar refractivity (Wildman–Crippen MR) is 123 cm³/mol. The third-order valence-corrected chi connectivity index (χ3v) is 3.74. The number of aryl methyl sites for hydroxylation is 1. The van der Waals surface area contributed by atoms with Crippen LogP contribution in [-0.2, 0) is 6.42 Å². The van der Waals surface area contributed by atoms with E-state index in [2.05, 4.69) is 15.3 Å². The second-order valence-electron chi connectivity index (χ2n) is 6.68. The molecular weight excluding hydrogens is 407 g/mol. The van der Waals surface area contributed by atoms with Crippen LogP contribution in [0.25, 0.3) is 0 Å². The largest absolute Gasteiger partial charge is 0.489 e. The summed E-state index contributed by atoms with van der Waals surface area (Å²) in [6, 6.07) is 4.10. The van der Waals surface area contributed by atoms with E-state index < -0.39 is 11.7 Å². The molecule has 0 aliphatic carbocycles. The predicted octanol–water partition coefficient (Wildman–Crippen LogP) is 2.79. The molecule has 0 spiro atoms. The van der Waals surface area contributed by atoms with E-state index in [9.17, 15) is 9.18 Å². The first kappa shape index (κ1) is 25.4. The third-order valence-electron chi connectivity index (χ3n) is 3.74. The van der Waals surface area contributed by atoms with Crippen LogP contribution in [-0.4, -0.2) is 55.1 Å². The van der Waals surface area contributed by atoms with Gasteiger partial charge in [-0.2, -0.15) is 11.8 Å². The van der Waals surface area contributed by atoms with E-state index in [1.165, 1.54) is 12.1 Å². The molecule has 1 aromatic carbocycles. The SMILES string of the molecule is CCc1nc(C(N)=O)c(Nc2cc(F)cc(OC(C)CN)c2)nc1N(C)C.CSC. The van der Waals surface area contributed by atoms with Gasteiger partial charge in [-0.25, -0.2) is 14.4 Å². The molecule has 0 aliphatic heterocycles. The molecule has 0 aliphatic rings. The molecule has 10 heteroatoms. The molecule has 0 radical (unpaired) electrons. The molecular formula is C20H31FN6O2S. The number of anilines is 3. The Kier molecular flexibility index (Phi) is 10.3. The van der Waals surface area contributed by atoms with Gasteiger partial charge in [-0.1, -0.05) is 6.92 Å². The number of rotatable bonds is 8. The summed E-state index contributed by atoms with van der Waals surface area (Å²) in [5.41, 5.74) is 12.0. The van der Waals surface area contributed by atoms with Gasteiger partial charge < -0.3 is 26.4 Å². The van der Waals surface area contributed by atoms with Crippen molar-refractivity contribution in [3.8, 4) is 5.75 Å². The molecule has 0 saturated carbocycles. The smallest absolute Gasteiger partial charge is 0.271 e. The average molecular weight is 439 g/mol. The number of aromatic nitrogens is 2. The Labute approximate surface area is 181 Å². The molecule has 1 aromatic heterocycles. The van der Waals surface area contributed by atoms with Crippen LogP contribution in [0.15, 0.2) is 18.2 Å². The van der Waals surface area contributed by atoms with Crippen molar-refractivity contribution in [2.45, 2.75) is 26.4 Å². The minimum absolute atomic E-state index is 0.0143. The quantitative estimate of drug-likeness (QED) is 0.576. The Morgan fingerprint density at radius 1 is 1.30 bits per heavy atom. The van der Waals surface area contributed by atoms with Crippen molar-refractivity contribution in [1.29, 1.82) is 0 Å². The van der Waals surface area contributed by atoms with Crippen molar-refractivity contribution < 1.29 is 13.9 Å². The highest BCUT2D eigenvalue weighted by Gasteiger charge is 2.18. The number of amides is 1. The molecule has 2 aromatic rings. The van der Waals surface area contributed by atoms with Crippen LogP contribution in [0.1, 0.15) is 30.0 Å². The van der Waals surface area contributed by atoms with Gasteiger partial charge >= 0.3 is 0 Å². The molecule has 166 valence electrons. The van der Waals surface area contributed by atoms with Crippen LogP contribution >= 0.6 is 11.8 Å². The fraction of sp³-hybridized carbons (Fsp3) is 0.450. The number of primary amides is 1. The lowest BCUT2D eigenvalue weighted by atomic mass is 10.2. The van der Waals surface area contributed by atoms with Gasteiger partial charge in [0.05, 0.1) is 5.69 Å². The number of carbonyl (C=O) groups excluding carboxylic acids is 1. The lowest BCUT2D eigenvalue weighted by molar-refractivity contribution is 0.0996. The molecule has 1 atom stereocenters. The lowest BCUT2D eigenvalue weighted by Crippen LogP contribution is -2.23. The van der Waals surface area contributed by atoms with Gasteiger partial charge in [-0.05, 0) is 31.9 Å². The molecule has 0 fully saturated rings. The highest BCUT2D eigenvalue weighted by atomic mass is 32.2. The number of thioether (sulfide) groups is 1. The van der Waals surface area contributed by atoms with Crippen molar-refractivity contribution >= 4 is 35.0 Å². The van der Waals surface area contributed by atoms with E-state index in [0.29, 0.717) is 35.9 Å². The fourth-order valence-electron chi connectivity index (χ4n) is 2.44.